The zero-order chi connectivity index (χ0) is 26.3. The molecule has 0 N–H and O–H groups in total. The van der Waals surface area contributed by atoms with Gasteiger partial charge in [0.1, 0.15) is 0 Å². The molecule has 5 aromatic rings. The Hall–Kier alpha value is -3.39. The summed E-state index contributed by atoms with van der Waals surface area (Å²) < 4.78 is 39.5. The molecule has 0 spiro atoms. The molecule has 33 heavy (non-hydrogen) atoms. The zero-order valence-corrected chi connectivity index (χ0v) is 20.1. The topological polar surface area (TPSA) is 25.8 Å². The summed E-state index contributed by atoms with van der Waals surface area (Å²) in [7, 11) is 0. The van der Waals surface area contributed by atoms with Gasteiger partial charge in [-0.3, -0.25) is 0 Å². The maximum Gasteiger partial charge on any atom is 0.0349 e. The Kier molecular flexibility index (Phi) is 6.90. The summed E-state index contributed by atoms with van der Waals surface area (Å²) in [5.74, 6) is 0. The molecule has 2 nitrogen and oxygen atoms in total. The number of pyridine rings is 2. The van der Waals surface area contributed by atoms with Crippen molar-refractivity contribution in [2.45, 2.75) is 13.2 Å². The molecule has 5 rings (SSSR count). The van der Waals surface area contributed by atoms with Gasteiger partial charge in [0.25, 0.3) is 0 Å². The van der Waals surface area contributed by atoms with Gasteiger partial charge < -0.3 is 9.97 Å². The molecule has 0 aliphatic carbocycles. The summed E-state index contributed by atoms with van der Waals surface area (Å²) in [4.78, 5) is 8.43. The average molecular weight is 610 g/mol. The number of benzene rings is 3. The molecular formula is C30H24IrN2-2. The first-order valence-electron chi connectivity index (χ1n) is 12.7. The van der Waals surface area contributed by atoms with Crippen LogP contribution in [-0.4, -0.2) is 9.97 Å². The summed E-state index contributed by atoms with van der Waals surface area (Å²) in [5.41, 5.74) is 4.24. The van der Waals surface area contributed by atoms with Gasteiger partial charge in [0, 0.05) is 39.4 Å². The maximum absolute atomic E-state index is 8.45. The fraction of sp³-hybridized carbons (Fsp3) is 0.0667. The van der Waals surface area contributed by atoms with E-state index in [1.807, 2.05) is 48.5 Å². The third-order valence-corrected chi connectivity index (χ3v) is 4.55. The molecule has 0 fully saturated rings. The molecule has 3 heteroatoms. The van der Waals surface area contributed by atoms with Gasteiger partial charge >= 0.3 is 0 Å². The Bertz CT molecular complexity index is 1390. The van der Waals surface area contributed by atoms with E-state index in [0.29, 0.717) is 22.4 Å². The van der Waals surface area contributed by atoms with Crippen LogP contribution < -0.4 is 0 Å². The summed E-state index contributed by atoms with van der Waals surface area (Å²) in [5, 5.41) is 0. The van der Waals surface area contributed by atoms with Gasteiger partial charge in [-0.25, -0.2) is 0 Å². The number of hydrogen-bond acceptors (Lipinski definition) is 2. The van der Waals surface area contributed by atoms with E-state index in [1.54, 1.807) is 48.7 Å². The Morgan fingerprint density at radius 3 is 2.24 bits per heavy atom. The summed E-state index contributed by atoms with van der Waals surface area (Å²) >= 11 is 0. The van der Waals surface area contributed by atoms with Crippen LogP contribution in [0.1, 0.15) is 23.5 Å². The Labute approximate surface area is 216 Å². The number of hydrogen-bond donors (Lipinski definition) is 0. The van der Waals surface area contributed by atoms with Crippen molar-refractivity contribution in [3.05, 3.63) is 144 Å². The van der Waals surface area contributed by atoms with Crippen molar-refractivity contribution in [1.29, 1.82) is 0 Å². The first-order chi connectivity index (χ1) is 17.7. The summed E-state index contributed by atoms with van der Waals surface area (Å²) in [6, 6.07) is 36.7. The van der Waals surface area contributed by atoms with Gasteiger partial charge in [-0.2, -0.15) is 0 Å². The predicted molar refractivity (Wildman–Crippen MR) is 131 cm³/mol. The molecule has 0 unspecified atom stereocenters. The van der Waals surface area contributed by atoms with Crippen LogP contribution in [0.2, 0.25) is 0 Å². The molecule has 2 heterocycles. The van der Waals surface area contributed by atoms with E-state index in [0.717, 1.165) is 11.3 Å². The number of aryl methyl sites for hydroxylation is 1. The summed E-state index contributed by atoms with van der Waals surface area (Å²) in [6.45, 7) is -2.21. The van der Waals surface area contributed by atoms with Gasteiger partial charge in [0.15, 0.2) is 0 Å². The molecule has 0 saturated heterocycles. The first-order valence-corrected chi connectivity index (χ1v) is 10.2. The van der Waals surface area contributed by atoms with Crippen molar-refractivity contribution in [3.8, 4) is 22.5 Å². The third-order valence-electron chi connectivity index (χ3n) is 4.55. The quantitative estimate of drug-likeness (QED) is 0.205. The van der Waals surface area contributed by atoms with Gasteiger partial charge in [-0.05, 0) is 42.3 Å². The molecule has 2 aromatic heterocycles. The molecular weight excluding hydrogens is 581 g/mol. The van der Waals surface area contributed by atoms with Crippen LogP contribution in [0.4, 0.5) is 0 Å². The van der Waals surface area contributed by atoms with Crippen LogP contribution in [0.3, 0.4) is 0 Å². The second kappa shape index (κ2) is 12.6. The number of rotatable bonds is 4. The molecule has 0 aliphatic heterocycles. The Morgan fingerprint density at radius 1 is 0.697 bits per heavy atom. The molecule has 0 atom stereocenters. The van der Waals surface area contributed by atoms with Gasteiger partial charge in [0.2, 0.25) is 0 Å². The van der Waals surface area contributed by atoms with Crippen molar-refractivity contribution in [3.63, 3.8) is 0 Å². The number of nitrogens with zero attached hydrogens (tertiary/aromatic N) is 2. The fourth-order valence-corrected chi connectivity index (χ4v) is 3.03. The third kappa shape index (κ3) is 7.32. The largest absolute Gasteiger partial charge is 0.305 e. The van der Waals surface area contributed by atoms with Crippen LogP contribution in [-0.2, 0) is 26.5 Å². The van der Waals surface area contributed by atoms with Crippen LogP contribution in [0.5, 0.6) is 0 Å². The average Bonchev–Trinajstić information content (AvgIpc) is 2.94. The van der Waals surface area contributed by atoms with Gasteiger partial charge in [-0.15, -0.1) is 71.3 Å². The molecule has 0 aliphatic rings. The van der Waals surface area contributed by atoms with E-state index in [9.17, 15) is 0 Å². The predicted octanol–water partition coefficient (Wildman–Crippen LogP) is 6.99. The van der Waals surface area contributed by atoms with E-state index in [-0.39, 0.29) is 25.7 Å². The van der Waals surface area contributed by atoms with Crippen LogP contribution in [0.25, 0.3) is 22.5 Å². The monoisotopic (exact) mass is 610 g/mol. The molecule has 0 bridgehead atoms. The molecule has 0 saturated carbocycles. The normalized spacial score (nSPS) is 12.9. The van der Waals surface area contributed by atoms with Crippen molar-refractivity contribution in [2.24, 2.45) is 0 Å². The van der Waals surface area contributed by atoms with Crippen molar-refractivity contribution in [1.82, 2.24) is 9.97 Å². The maximum atomic E-state index is 8.45. The van der Waals surface area contributed by atoms with E-state index in [1.165, 1.54) is 18.3 Å². The molecule has 1 radical (unpaired) electrons. The minimum Gasteiger partial charge on any atom is -0.305 e. The van der Waals surface area contributed by atoms with Crippen LogP contribution in [0.15, 0.2) is 116 Å². The van der Waals surface area contributed by atoms with Crippen molar-refractivity contribution >= 4 is 0 Å². The zero-order valence-electron chi connectivity index (χ0n) is 22.7. The second-order valence-electron chi connectivity index (χ2n) is 6.90. The fourth-order valence-electron chi connectivity index (χ4n) is 3.03. The number of aromatic nitrogens is 2. The standard InChI is InChI=1S/C19H16N.C11H8N.Ir/c1-15-10-11-20-19(12-15)18-9-5-8-17(14-18)13-16-6-3-2-4-7-16;1-2-6-10(7-3-1)11-8-4-5-9-12-11;/h2-8,10-12,14H,13H2,1H3;1-6,8-9H;/q2*-1;/i1D3,13D2;;. The van der Waals surface area contributed by atoms with E-state index in [4.69, 9.17) is 6.85 Å². The molecule has 3 aromatic carbocycles. The Balaban J connectivity index is 0.000000258. The van der Waals surface area contributed by atoms with Crippen LogP contribution in [0, 0.1) is 19.0 Å². The van der Waals surface area contributed by atoms with Gasteiger partial charge in [-0.1, -0.05) is 54.1 Å². The van der Waals surface area contributed by atoms with Gasteiger partial charge in [0.05, 0.1) is 0 Å². The van der Waals surface area contributed by atoms with E-state index in [2.05, 4.69) is 22.1 Å². The van der Waals surface area contributed by atoms with E-state index < -0.39 is 13.2 Å². The minimum absolute atomic E-state index is 0. The Morgan fingerprint density at radius 2 is 1.48 bits per heavy atom. The SMILES string of the molecule is [2H]C([2H])([2H])c1ccnc(-c2[c-]ccc(C([2H])([2H])c3ccccc3)c2)c1.[Ir].[c-]1ccccc1-c1ccccn1. The first kappa shape index (κ1) is 18.1. The van der Waals surface area contributed by atoms with Crippen molar-refractivity contribution in [2.75, 3.05) is 0 Å². The summed E-state index contributed by atoms with van der Waals surface area (Å²) in [6.07, 6.45) is 1.56. The minimum atomic E-state index is -2.21. The molecule has 165 valence electrons. The second-order valence-corrected chi connectivity index (χ2v) is 6.90. The van der Waals surface area contributed by atoms with Crippen molar-refractivity contribution < 1.29 is 27.0 Å². The van der Waals surface area contributed by atoms with Crippen LogP contribution >= 0.6 is 0 Å². The van der Waals surface area contributed by atoms with E-state index >= 15 is 0 Å². The molecule has 0 amide bonds. The smallest absolute Gasteiger partial charge is 0.0349 e.